The first-order valence-corrected chi connectivity index (χ1v) is 28.4. The third kappa shape index (κ3) is 38.5. The Hall–Kier alpha value is -1.33. The number of aliphatic hydroxyl groups is 4. The summed E-state index contributed by atoms with van der Waals surface area (Å²) in [5, 5.41) is 40.3. The van der Waals surface area contributed by atoms with Crippen LogP contribution >= 0.6 is 0 Å². The first-order chi connectivity index (χ1) is 32.4. The largest absolute Gasteiger partial charge is 0.457 e. The lowest BCUT2D eigenvalue weighted by atomic mass is 9.99. The molecule has 0 bridgehead atoms. The van der Waals surface area contributed by atoms with Crippen LogP contribution in [0.1, 0.15) is 271 Å². The number of carbonyl (C=O) groups excluding carboxylic acids is 1. The minimum atomic E-state index is -1.54. The highest BCUT2D eigenvalue weighted by atomic mass is 16.7. The van der Waals surface area contributed by atoms with Gasteiger partial charge in [-0.15, -0.1) is 0 Å². The van der Waals surface area contributed by atoms with Gasteiger partial charge in [-0.25, -0.2) is 0 Å². The molecule has 0 saturated carbocycles. The molecule has 0 radical (unpaired) electrons. The number of aliphatic hydroxyl groups excluding tert-OH is 4. The summed E-state index contributed by atoms with van der Waals surface area (Å²) in [7, 11) is 0. The van der Waals surface area contributed by atoms with E-state index in [9.17, 15) is 25.2 Å². The summed E-state index contributed by atoms with van der Waals surface area (Å²) in [5.41, 5.74) is 0. The number of hydrogen-bond donors (Lipinski definition) is 4. The van der Waals surface area contributed by atoms with Crippen molar-refractivity contribution >= 4 is 5.97 Å². The smallest absolute Gasteiger partial charge is 0.306 e. The standard InChI is InChI=1S/C57H108O9/c1-3-5-7-9-11-13-15-17-19-21-23-24-25-26-27-28-29-30-32-34-36-38-40-42-44-46-53(59)65-51(50-64-57-56(62)55(61)54(60)52(48-58)66-57)49-63-47-45-43-41-39-37-35-33-31-22-20-18-16-14-12-10-8-6-4-2/h18,20-21,23,51-52,54-58,60-62H,3-17,19,22,24-50H2,1-2H3/b20-18-,23-21-. The van der Waals surface area contributed by atoms with E-state index in [-0.39, 0.29) is 19.2 Å². The van der Waals surface area contributed by atoms with Crippen molar-refractivity contribution in [1.29, 1.82) is 0 Å². The number of ether oxygens (including phenoxy) is 4. The van der Waals surface area contributed by atoms with Crippen molar-refractivity contribution in [3.8, 4) is 0 Å². The van der Waals surface area contributed by atoms with Gasteiger partial charge in [0.2, 0.25) is 0 Å². The normalized spacial score (nSPS) is 19.4. The molecule has 9 heteroatoms. The Balaban J connectivity index is 2.14. The number of unbranched alkanes of at least 4 members (excludes halogenated alkanes) is 35. The van der Waals surface area contributed by atoms with Crippen molar-refractivity contribution in [2.24, 2.45) is 0 Å². The fraction of sp³-hybridized carbons (Fsp3) is 0.912. The number of hydrogen-bond acceptors (Lipinski definition) is 9. The highest BCUT2D eigenvalue weighted by Gasteiger charge is 2.44. The van der Waals surface area contributed by atoms with Crippen LogP contribution in [0.2, 0.25) is 0 Å². The Bertz CT molecular complexity index is 1070. The molecule has 0 spiro atoms. The van der Waals surface area contributed by atoms with Gasteiger partial charge >= 0.3 is 5.97 Å². The summed E-state index contributed by atoms with van der Waals surface area (Å²) < 4.78 is 23.0. The van der Waals surface area contributed by atoms with Crippen molar-refractivity contribution in [2.75, 3.05) is 26.4 Å². The lowest BCUT2D eigenvalue weighted by Gasteiger charge is -2.39. The molecular formula is C57H108O9. The van der Waals surface area contributed by atoms with Gasteiger partial charge in [-0.1, -0.05) is 224 Å². The zero-order chi connectivity index (χ0) is 47.8. The zero-order valence-electron chi connectivity index (χ0n) is 43.2. The van der Waals surface area contributed by atoms with Gasteiger partial charge in [0.1, 0.15) is 30.5 Å². The van der Waals surface area contributed by atoms with Crippen LogP contribution in [-0.2, 0) is 23.7 Å². The predicted molar refractivity (Wildman–Crippen MR) is 275 cm³/mol. The molecule has 0 aliphatic carbocycles. The molecule has 0 aromatic rings. The van der Waals surface area contributed by atoms with E-state index < -0.39 is 43.4 Å². The van der Waals surface area contributed by atoms with Gasteiger partial charge in [0.05, 0.1) is 19.8 Å². The molecule has 6 atom stereocenters. The molecule has 4 N–H and O–H groups in total. The first kappa shape index (κ1) is 62.7. The second-order valence-electron chi connectivity index (χ2n) is 19.7. The fourth-order valence-electron chi connectivity index (χ4n) is 8.90. The Morgan fingerprint density at radius 2 is 0.833 bits per heavy atom. The van der Waals surface area contributed by atoms with E-state index in [2.05, 4.69) is 38.2 Å². The third-order valence-electron chi connectivity index (χ3n) is 13.3. The maximum Gasteiger partial charge on any atom is 0.306 e. The van der Waals surface area contributed by atoms with Crippen LogP contribution in [0.4, 0.5) is 0 Å². The molecule has 1 saturated heterocycles. The van der Waals surface area contributed by atoms with Crippen LogP contribution in [0.5, 0.6) is 0 Å². The van der Waals surface area contributed by atoms with Crippen molar-refractivity contribution < 1.29 is 44.2 Å². The first-order valence-electron chi connectivity index (χ1n) is 28.4. The topological polar surface area (TPSA) is 135 Å². The molecular weight excluding hydrogens is 829 g/mol. The molecule has 1 fully saturated rings. The van der Waals surface area contributed by atoms with Gasteiger partial charge in [0.25, 0.3) is 0 Å². The fourth-order valence-corrected chi connectivity index (χ4v) is 8.90. The highest BCUT2D eigenvalue weighted by molar-refractivity contribution is 5.69. The lowest BCUT2D eigenvalue weighted by molar-refractivity contribution is -0.305. The van der Waals surface area contributed by atoms with Crippen LogP contribution < -0.4 is 0 Å². The highest BCUT2D eigenvalue weighted by Crippen LogP contribution is 2.23. The summed E-state index contributed by atoms with van der Waals surface area (Å²) >= 11 is 0. The SMILES string of the molecule is CCCCCCCC/C=C\CCCCCCCCCCOCC(COC1OC(CO)C(O)C(O)C1O)OC(=O)CCCCCCCCCCCCCCC/C=C\CCCCCCCCCC. The molecule has 1 rings (SSSR count). The Morgan fingerprint density at radius 1 is 0.470 bits per heavy atom. The Morgan fingerprint density at radius 3 is 1.23 bits per heavy atom. The van der Waals surface area contributed by atoms with Crippen LogP contribution in [0.25, 0.3) is 0 Å². The lowest BCUT2D eigenvalue weighted by Crippen LogP contribution is -2.59. The predicted octanol–water partition coefficient (Wildman–Crippen LogP) is 14.5. The van der Waals surface area contributed by atoms with E-state index in [0.717, 1.165) is 32.1 Å². The summed E-state index contributed by atoms with van der Waals surface area (Å²) in [6.45, 7) is 4.60. The van der Waals surface area contributed by atoms with Gasteiger partial charge in [0.15, 0.2) is 6.29 Å². The molecule has 0 aromatic carbocycles. The van der Waals surface area contributed by atoms with E-state index in [1.807, 2.05) is 0 Å². The Kier molecular flexibility index (Phi) is 46.2. The van der Waals surface area contributed by atoms with E-state index in [1.54, 1.807) is 0 Å². The van der Waals surface area contributed by atoms with Gasteiger partial charge in [-0.2, -0.15) is 0 Å². The van der Waals surface area contributed by atoms with Crippen molar-refractivity contribution in [1.82, 2.24) is 0 Å². The van der Waals surface area contributed by atoms with Gasteiger partial charge in [0, 0.05) is 13.0 Å². The molecule has 1 heterocycles. The number of allylic oxidation sites excluding steroid dienone is 4. The van der Waals surface area contributed by atoms with Crippen molar-refractivity contribution in [3.05, 3.63) is 24.3 Å². The summed E-state index contributed by atoms with van der Waals surface area (Å²) in [6, 6.07) is 0. The summed E-state index contributed by atoms with van der Waals surface area (Å²) in [6.07, 6.45) is 52.2. The summed E-state index contributed by atoms with van der Waals surface area (Å²) in [5.74, 6) is -0.309. The number of carbonyl (C=O) groups is 1. The van der Waals surface area contributed by atoms with E-state index in [1.165, 1.54) is 218 Å². The second kappa shape index (κ2) is 48.7. The molecule has 6 unspecified atom stereocenters. The Labute approximate surface area is 407 Å². The number of rotatable bonds is 50. The third-order valence-corrected chi connectivity index (χ3v) is 13.3. The molecule has 1 aliphatic rings. The van der Waals surface area contributed by atoms with Gasteiger partial charge in [-0.05, 0) is 64.2 Å². The number of esters is 1. The minimum absolute atomic E-state index is 0.111. The minimum Gasteiger partial charge on any atom is -0.457 e. The monoisotopic (exact) mass is 937 g/mol. The average Bonchev–Trinajstić information content (AvgIpc) is 3.32. The molecule has 0 aromatic heterocycles. The van der Waals surface area contributed by atoms with Crippen molar-refractivity contribution in [3.63, 3.8) is 0 Å². The van der Waals surface area contributed by atoms with E-state index >= 15 is 0 Å². The van der Waals surface area contributed by atoms with Crippen molar-refractivity contribution in [2.45, 2.75) is 307 Å². The van der Waals surface area contributed by atoms with Crippen LogP contribution in [0.3, 0.4) is 0 Å². The quantitative estimate of drug-likeness (QED) is 0.0267. The van der Waals surface area contributed by atoms with Crippen LogP contribution in [0, 0.1) is 0 Å². The van der Waals surface area contributed by atoms with Gasteiger partial charge < -0.3 is 39.4 Å². The molecule has 1 aliphatic heterocycles. The maximum absolute atomic E-state index is 12.9. The zero-order valence-corrected chi connectivity index (χ0v) is 43.2. The molecule has 390 valence electrons. The van der Waals surface area contributed by atoms with Crippen LogP contribution in [-0.4, -0.2) is 89.6 Å². The van der Waals surface area contributed by atoms with Gasteiger partial charge in [-0.3, -0.25) is 4.79 Å². The second-order valence-corrected chi connectivity index (χ2v) is 19.7. The molecule has 9 nitrogen and oxygen atoms in total. The van der Waals surface area contributed by atoms with Crippen LogP contribution in [0.15, 0.2) is 24.3 Å². The average molecular weight is 937 g/mol. The molecule has 66 heavy (non-hydrogen) atoms. The van der Waals surface area contributed by atoms with E-state index in [0.29, 0.717) is 13.0 Å². The maximum atomic E-state index is 12.9. The summed E-state index contributed by atoms with van der Waals surface area (Å²) in [4.78, 5) is 12.9. The molecule has 0 amide bonds. The van der Waals surface area contributed by atoms with E-state index in [4.69, 9.17) is 18.9 Å².